The van der Waals surface area contributed by atoms with E-state index in [0.29, 0.717) is 30.1 Å². The first-order chi connectivity index (χ1) is 13.8. The van der Waals surface area contributed by atoms with Crippen LogP contribution in [0.1, 0.15) is 42.8 Å². The topological polar surface area (TPSA) is 86.3 Å². The predicted molar refractivity (Wildman–Crippen MR) is 114 cm³/mol. The van der Waals surface area contributed by atoms with Crippen LogP contribution in [0.2, 0.25) is 0 Å². The minimum atomic E-state index is -0.0496. The molecule has 150 valence electrons. The van der Waals surface area contributed by atoms with E-state index in [-0.39, 0.29) is 5.91 Å². The number of nitriles is 1. The van der Waals surface area contributed by atoms with Crippen molar-refractivity contribution in [2.75, 3.05) is 17.3 Å². The molecule has 0 aliphatic rings. The number of aryl methyl sites for hydroxylation is 2. The van der Waals surface area contributed by atoms with E-state index < -0.39 is 0 Å². The van der Waals surface area contributed by atoms with Gasteiger partial charge in [0.2, 0.25) is 5.91 Å². The zero-order valence-corrected chi connectivity index (χ0v) is 17.5. The van der Waals surface area contributed by atoms with Crippen molar-refractivity contribution in [3.63, 3.8) is 0 Å². The van der Waals surface area contributed by atoms with Crippen LogP contribution in [0.15, 0.2) is 30.5 Å². The van der Waals surface area contributed by atoms with Crippen molar-refractivity contribution in [2.24, 2.45) is 0 Å². The minimum Gasteiger partial charge on any atom is -0.372 e. The molecule has 0 unspecified atom stereocenters. The molecular weight excluding hydrogens is 364 g/mol. The second kappa shape index (κ2) is 8.31. The molecule has 29 heavy (non-hydrogen) atoms. The van der Waals surface area contributed by atoms with Crippen LogP contribution in [0, 0.1) is 25.2 Å². The highest BCUT2D eigenvalue weighted by Crippen LogP contribution is 2.21. The Morgan fingerprint density at radius 1 is 1.34 bits per heavy atom. The Morgan fingerprint density at radius 3 is 2.79 bits per heavy atom. The number of amides is 1. The summed E-state index contributed by atoms with van der Waals surface area (Å²) < 4.78 is 1.67. The number of nitrogens with zero attached hydrogens (tertiary/aromatic N) is 5. The highest BCUT2D eigenvalue weighted by atomic mass is 16.1. The van der Waals surface area contributed by atoms with Gasteiger partial charge in [0.1, 0.15) is 11.6 Å². The number of benzene rings is 1. The Kier molecular flexibility index (Phi) is 5.83. The van der Waals surface area contributed by atoms with E-state index in [2.05, 4.69) is 40.2 Å². The number of anilines is 2. The van der Waals surface area contributed by atoms with Gasteiger partial charge < -0.3 is 10.2 Å². The third-order valence-electron chi connectivity index (χ3n) is 5.24. The van der Waals surface area contributed by atoms with E-state index in [1.54, 1.807) is 4.52 Å². The van der Waals surface area contributed by atoms with Crippen molar-refractivity contribution in [2.45, 2.75) is 46.6 Å². The first-order valence-corrected chi connectivity index (χ1v) is 9.68. The third kappa shape index (κ3) is 4.21. The molecule has 1 aromatic carbocycles. The van der Waals surface area contributed by atoms with Gasteiger partial charge in [0.15, 0.2) is 5.65 Å². The number of nitrogens with one attached hydrogen (secondary N) is 1. The molecule has 2 heterocycles. The van der Waals surface area contributed by atoms with E-state index in [4.69, 9.17) is 0 Å². The van der Waals surface area contributed by atoms with Gasteiger partial charge in [0.05, 0.1) is 6.20 Å². The molecule has 0 bridgehead atoms. The fourth-order valence-corrected chi connectivity index (χ4v) is 3.31. The van der Waals surface area contributed by atoms with Gasteiger partial charge in [0.25, 0.3) is 0 Å². The molecule has 0 atom stereocenters. The van der Waals surface area contributed by atoms with Crippen LogP contribution in [0.4, 0.5) is 11.4 Å². The van der Waals surface area contributed by atoms with E-state index in [0.717, 1.165) is 28.3 Å². The Morgan fingerprint density at radius 2 is 2.10 bits per heavy atom. The number of rotatable bonds is 6. The summed E-state index contributed by atoms with van der Waals surface area (Å²) in [6.07, 6.45) is 2.41. The number of hydrogen-bond acceptors (Lipinski definition) is 5. The number of aromatic nitrogens is 3. The highest BCUT2D eigenvalue weighted by Gasteiger charge is 2.15. The first-order valence-electron chi connectivity index (χ1n) is 9.68. The molecule has 1 N–H and O–H groups in total. The number of hydrogen-bond donors (Lipinski definition) is 1. The maximum atomic E-state index is 12.5. The summed E-state index contributed by atoms with van der Waals surface area (Å²) in [6.45, 7) is 8.09. The highest BCUT2D eigenvalue weighted by molar-refractivity contribution is 5.91. The number of fused-ring (bicyclic) bond motifs is 1. The van der Waals surface area contributed by atoms with Crippen LogP contribution in [-0.4, -0.2) is 33.6 Å². The van der Waals surface area contributed by atoms with Crippen LogP contribution in [0.3, 0.4) is 0 Å². The van der Waals surface area contributed by atoms with E-state index in [1.165, 1.54) is 6.20 Å². The van der Waals surface area contributed by atoms with Gasteiger partial charge >= 0.3 is 0 Å². The lowest BCUT2D eigenvalue weighted by atomic mass is 10.1. The van der Waals surface area contributed by atoms with Crippen molar-refractivity contribution in [3.05, 3.63) is 53.0 Å². The van der Waals surface area contributed by atoms with Gasteiger partial charge in [-0.1, -0.05) is 6.07 Å². The normalized spacial score (nSPS) is 10.9. The maximum absolute atomic E-state index is 12.5. The van der Waals surface area contributed by atoms with E-state index in [9.17, 15) is 10.1 Å². The van der Waals surface area contributed by atoms with E-state index in [1.807, 2.05) is 45.2 Å². The van der Waals surface area contributed by atoms with Gasteiger partial charge in [-0.05, 0) is 57.9 Å². The molecule has 0 aliphatic carbocycles. The lowest BCUT2D eigenvalue weighted by Gasteiger charge is -2.24. The molecule has 3 rings (SSSR count). The summed E-state index contributed by atoms with van der Waals surface area (Å²) in [6, 6.07) is 10.3. The molecule has 7 heteroatoms. The zero-order valence-electron chi connectivity index (χ0n) is 17.5. The molecule has 0 spiro atoms. The monoisotopic (exact) mass is 390 g/mol. The van der Waals surface area contributed by atoms with Crippen molar-refractivity contribution in [1.82, 2.24) is 14.6 Å². The second-order valence-corrected chi connectivity index (χ2v) is 7.47. The van der Waals surface area contributed by atoms with Crippen LogP contribution in [-0.2, 0) is 11.2 Å². The van der Waals surface area contributed by atoms with Gasteiger partial charge in [-0.2, -0.15) is 10.4 Å². The van der Waals surface area contributed by atoms with Gasteiger partial charge in [0, 0.05) is 42.3 Å². The summed E-state index contributed by atoms with van der Waals surface area (Å²) in [5, 5.41) is 16.4. The van der Waals surface area contributed by atoms with Crippen LogP contribution in [0.5, 0.6) is 0 Å². The van der Waals surface area contributed by atoms with Crippen molar-refractivity contribution < 1.29 is 4.79 Å². The minimum absolute atomic E-state index is 0.0496. The third-order valence-corrected chi connectivity index (χ3v) is 5.24. The predicted octanol–water partition coefficient (Wildman–Crippen LogP) is 3.63. The second-order valence-electron chi connectivity index (χ2n) is 7.47. The van der Waals surface area contributed by atoms with Gasteiger partial charge in [-0.3, -0.25) is 4.79 Å². The summed E-state index contributed by atoms with van der Waals surface area (Å²) in [4.78, 5) is 19.2. The van der Waals surface area contributed by atoms with E-state index >= 15 is 0 Å². The van der Waals surface area contributed by atoms with Crippen LogP contribution < -0.4 is 10.2 Å². The lowest BCUT2D eigenvalue weighted by molar-refractivity contribution is -0.116. The summed E-state index contributed by atoms with van der Waals surface area (Å²) in [5.74, 6) is -0.0496. The Balaban J connectivity index is 1.72. The Hall–Kier alpha value is -3.40. The SMILES string of the molecule is Cc1nc2c(C#N)cnn2c(C)c1CCC(=O)Nc1cccc(N(C)C(C)C)c1. The van der Waals surface area contributed by atoms with Crippen molar-refractivity contribution >= 4 is 22.9 Å². The molecule has 3 aromatic rings. The van der Waals surface area contributed by atoms with Gasteiger partial charge in [-0.15, -0.1) is 0 Å². The maximum Gasteiger partial charge on any atom is 0.224 e. The lowest BCUT2D eigenvalue weighted by Crippen LogP contribution is -2.25. The Labute approximate surface area is 171 Å². The smallest absolute Gasteiger partial charge is 0.224 e. The Bertz CT molecular complexity index is 1090. The molecular formula is C22H26N6O. The molecule has 0 saturated carbocycles. The summed E-state index contributed by atoms with van der Waals surface area (Å²) in [7, 11) is 2.04. The summed E-state index contributed by atoms with van der Waals surface area (Å²) >= 11 is 0. The first kappa shape index (κ1) is 20.3. The largest absolute Gasteiger partial charge is 0.372 e. The molecule has 0 saturated heterocycles. The standard InChI is InChI=1S/C22H26N6O/c1-14(2)27(5)19-8-6-7-18(11-19)26-21(29)10-9-20-15(3)25-22-17(12-23)13-24-28(22)16(20)4/h6-8,11,13-14H,9-10H2,1-5H3,(H,26,29). The average molecular weight is 390 g/mol. The van der Waals surface area contributed by atoms with Crippen molar-refractivity contribution in [1.29, 1.82) is 5.26 Å². The molecule has 1 amide bonds. The average Bonchev–Trinajstić information content (AvgIpc) is 3.10. The molecule has 0 fully saturated rings. The fraction of sp³-hybridized carbons (Fsp3) is 0.364. The number of carbonyl (C=O) groups excluding carboxylic acids is 1. The fourth-order valence-electron chi connectivity index (χ4n) is 3.31. The van der Waals surface area contributed by atoms with Crippen LogP contribution in [0.25, 0.3) is 5.65 Å². The molecule has 0 radical (unpaired) electrons. The number of carbonyl (C=O) groups is 1. The quantitative estimate of drug-likeness (QED) is 0.694. The van der Waals surface area contributed by atoms with Crippen LogP contribution >= 0.6 is 0 Å². The molecule has 2 aromatic heterocycles. The van der Waals surface area contributed by atoms with Gasteiger partial charge in [-0.25, -0.2) is 9.50 Å². The molecule has 0 aliphatic heterocycles. The summed E-state index contributed by atoms with van der Waals surface area (Å²) in [5.41, 5.74) is 5.56. The van der Waals surface area contributed by atoms with Crippen molar-refractivity contribution in [3.8, 4) is 6.07 Å². The molecule has 7 nitrogen and oxygen atoms in total. The zero-order chi connectivity index (χ0) is 21.1.